The molecule has 0 N–H and O–H groups in total. The van der Waals surface area contributed by atoms with Gasteiger partial charge in [-0.2, -0.15) is 0 Å². The van der Waals surface area contributed by atoms with Crippen molar-refractivity contribution in [2.24, 2.45) is 0 Å². The summed E-state index contributed by atoms with van der Waals surface area (Å²) in [7, 11) is 0. The molecule has 0 atom stereocenters. The van der Waals surface area contributed by atoms with Crippen LogP contribution in [0, 0.1) is 12.3 Å². The summed E-state index contributed by atoms with van der Waals surface area (Å²) in [4.78, 5) is 0. The highest BCUT2D eigenvalue weighted by Crippen LogP contribution is 1.85. The number of terminal acetylenes is 1. The van der Waals surface area contributed by atoms with Gasteiger partial charge in [-0.25, -0.2) is 4.39 Å². The van der Waals surface area contributed by atoms with Crippen molar-refractivity contribution in [2.45, 2.75) is 0 Å². The molecule has 0 fully saturated rings. The molecular weight excluding hydrogens is 335 g/mol. The molecular formula is C17H31FO7. The van der Waals surface area contributed by atoms with E-state index in [1.165, 1.54) is 0 Å². The largest absolute Gasteiger partial charge is 0.377 e. The third-order valence-corrected chi connectivity index (χ3v) is 2.64. The monoisotopic (exact) mass is 366 g/mol. The van der Waals surface area contributed by atoms with Gasteiger partial charge in [0.05, 0.1) is 85.9 Å². The van der Waals surface area contributed by atoms with Gasteiger partial charge in [0.25, 0.3) is 0 Å². The van der Waals surface area contributed by atoms with Gasteiger partial charge in [0.1, 0.15) is 13.3 Å². The molecule has 0 aliphatic heterocycles. The molecule has 0 bridgehead atoms. The molecule has 0 spiro atoms. The highest BCUT2D eigenvalue weighted by Gasteiger charge is 1.94. The van der Waals surface area contributed by atoms with Crippen molar-refractivity contribution >= 4 is 0 Å². The normalized spacial score (nSPS) is 10.9. The van der Waals surface area contributed by atoms with Gasteiger partial charge in [0.15, 0.2) is 0 Å². The first-order valence-corrected chi connectivity index (χ1v) is 8.45. The molecule has 0 saturated heterocycles. The maximum absolute atomic E-state index is 11.7. The first-order valence-electron chi connectivity index (χ1n) is 8.45. The average Bonchev–Trinajstić information content (AvgIpc) is 2.63. The molecule has 0 saturated carbocycles. The molecule has 0 rings (SSSR count). The molecule has 148 valence electrons. The molecule has 0 heterocycles. The Morgan fingerprint density at radius 2 is 0.760 bits per heavy atom. The minimum absolute atomic E-state index is 0.121. The van der Waals surface area contributed by atoms with Crippen molar-refractivity contribution in [1.29, 1.82) is 0 Å². The van der Waals surface area contributed by atoms with E-state index in [0.717, 1.165) is 0 Å². The SMILES string of the molecule is C#CCOCCOCCOCCOCCOCCOCCOCCF. The second-order valence-electron chi connectivity index (χ2n) is 4.62. The minimum Gasteiger partial charge on any atom is -0.377 e. The van der Waals surface area contributed by atoms with Gasteiger partial charge in [-0.05, 0) is 0 Å². The van der Waals surface area contributed by atoms with E-state index in [9.17, 15) is 4.39 Å². The quantitative estimate of drug-likeness (QED) is 0.219. The van der Waals surface area contributed by atoms with Gasteiger partial charge < -0.3 is 33.2 Å². The Kier molecular flexibility index (Phi) is 22.5. The summed E-state index contributed by atoms with van der Waals surface area (Å²) in [5.41, 5.74) is 0. The van der Waals surface area contributed by atoms with E-state index in [2.05, 4.69) is 5.92 Å². The maximum Gasteiger partial charge on any atom is 0.113 e. The number of alkyl halides is 1. The molecule has 8 heteroatoms. The van der Waals surface area contributed by atoms with Crippen LogP contribution in [-0.4, -0.2) is 99.2 Å². The van der Waals surface area contributed by atoms with E-state index in [1.54, 1.807) is 0 Å². The van der Waals surface area contributed by atoms with Gasteiger partial charge in [0.2, 0.25) is 0 Å². The fourth-order valence-corrected chi connectivity index (χ4v) is 1.51. The van der Waals surface area contributed by atoms with Crippen LogP contribution < -0.4 is 0 Å². The van der Waals surface area contributed by atoms with Crippen LogP contribution in [-0.2, 0) is 33.2 Å². The summed E-state index contributed by atoms with van der Waals surface area (Å²) in [6.07, 6.45) is 5.04. The highest BCUT2D eigenvalue weighted by molar-refractivity contribution is 4.82. The van der Waals surface area contributed by atoms with Crippen LogP contribution in [0.3, 0.4) is 0 Å². The van der Waals surface area contributed by atoms with E-state index < -0.39 is 6.67 Å². The molecule has 7 nitrogen and oxygen atoms in total. The first-order chi connectivity index (χ1) is 12.4. The molecule has 0 aromatic rings. The first kappa shape index (κ1) is 24.2. The Bertz CT molecular complexity index is 287. The topological polar surface area (TPSA) is 64.6 Å². The van der Waals surface area contributed by atoms with E-state index >= 15 is 0 Å². The van der Waals surface area contributed by atoms with Crippen LogP contribution >= 0.6 is 0 Å². The lowest BCUT2D eigenvalue weighted by Gasteiger charge is -2.08. The molecule has 0 radical (unpaired) electrons. The van der Waals surface area contributed by atoms with Gasteiger partial charge in [-0.1, -0.05) is 5.92 Å². The summed E-state index contributed by atoms with van der Waals surface area (Å²) < 4.78 is 48.2. The second-order valence-corrected chi connectivity index (χ2v) is 4.62. The van der Waals surface area contributed by atoms with Crippen LogP contribution in [0.15, 0.2) is 0 Å². The Morgan fingerprint density at radius 1 is 0.480 bits per heavy atom. The molecule has 0 aliphatic carbocycles. The molecule has 0 unspecified atom stereocenters. The second kappa shape index (κ2) is 23.2. The Morgan fingerprint density at radius 3 is 1.04 bits per heavy atom. The van der Waals surface area contributed by atoms with E-state index in [0.29, 0.717) is 85.9 Å². The van der Waals surface area contributed by atoms with Crippen LogP contribution in [0.4, 0.5) is 4.39 Å². The van der Waals surface area contributed by atoms with Crippen LogP contribution in [0.2, 0.25) is 0 Å². The Hall–Kier alpha value is -0.790. The third-order valence-electron chi connectivity index (χ3n) is 2.64. The Labute approximate surface area is 150 Å². The van der Waals surface area contributed by atoms with Crippen LogP contribution in [0.5, 0.6) is 0 Å². The third kappa shape index (κ3) is 23.2. The Balaban J connectivity index is 2.95. The predicted octanol–water partition coefficient (Wildman–Crippen LogP) is 0.705. The summed E-state index contributed by atoms with van der Waals surface area (Å²) in [6.45, 7) is 5.84. The minimum atomic E-state index is -0.467. The summed E-state index contributed by atoms with van der Waals surface area (Å²) >= 11 is 0. The van der Waals surface area contributed by atoms with E-state index in [4.69, 9.17) is 39.6 Å². The maximum atomic E-state index is 11.7. The van der Waals surface area contributed by atoms with Gasteiger partial charge in [-0.3, -0.25) is 0 Å². The summed E-state index contributed by atoms with van der Waals surface area (Å²) in [5.74, 6) is 2.38. The number of halogens is 1. The zero-order valence-electron chi connectivity index (χ0n) is 14.9. The van der Waals surface area contributed by atoms with Crippen LogP contribution in [0.1, 0.15) is 0 Å². The lowest BCUT2D eigenvalue weighted by Crippen LogP contribution is -2.14. The number of hydrogen-bond acceptors (Lipinski definition) is 7. The van der Waals surface area contributed by atoms with Crippen LogP contribution in [0.25, 0.3) is 0 Å². The molecule has 0 aromatic heterocycles. The molecule has 0 aliphatic rings. The smallest absolute Gasteiger partial charge is 0.113 e. The van der Waals surface area contributed by atoms with Gasteiger partial charge in [-0.15, -0.1) is 6.42 Å². The average molecular weight is 366 g/mol. The lowest BCUT2D eigenvalue weighted by molar-refractivity contribution is -0.0200. The van der Waals surface area contributed by atoms with Gasteiger partial charge in [0, 0.05) is 0 Å². The number of ether oxygens (including phenoxy) is 7. The van der Waals surface area contributed by atoms with Crippen molar-refractivity contribution in [3.8, 4) is 12.3 Å². The highest BCUT2D eigenvalue weighted by atomic mass is 19.1. The fraction of sp³-hybridized carbons (Fsp3) is 0.882. The van der Waals surface area contributed by atoms with Crippen molar-refractivity contribution in [1.82, 2.24) is 0 Å². The van der Waals surface area contributed by atoms with Crippen molar-refractivity contribution in [2.75, 3.05) is 99.2 Å². The summed E-state index contributed by atoms with van der Waals surface area (Å²) in [5, 5.41) is 0. The lowest BCUT2D eigenvalue weighted by atomic mass is 10.6. The summed E-state index contributed by atoms with van der Waals surface area (Å²) in [6, 6.07) is 0. The molecule has 0 aromatic carbocycles. The van der Waals surface area contributed by atoms with Crippen molar-refractivity contribution in [3.63, 3.8) is 0 Å². The zero-order valence-corrected chi connectivity index (χ0v) is 14.9. The standard InChI is InChI=1S/C17H31FO7/c1-2-4-19-6-8-21-10-12-23-14-16-25-17-15-24-13-11-22-9-7-20-5-3-18/h1H,3-17H2. The molecule has 25 heavy (non-hydrogen) atoms. The fourth-order valence-electron chi connectivity index (χ4n) is 1.51. The number of rotatable bonds is 21. The molecule has 0 amide bonds. The van der Waals surface area contributed by atoms with E-state index in [1.807, 2.05) is 0 Å². The van der Waals surface area contributed by atoms with E-state index in [-0.39, 0.29) is 6.61 Å². The van der Waals surface area contributed by atoms with Crippen molar-refractivity contribution < 1.29 is 37.5 Å². The van der Waals surface area contributed by atoms with Gasteiger partial charge >= 0.3 is 0 Å². The zero-order chi connectivity index (χ0) is 18.3. The number of hydrogen-bond donors (Lipinski definition) is 0. The predicted molar refractivity (Wildman–Crippen MR) is 90.5 cm³/mol. The van der Waals surface area contributed by atoms with Crippen molar-refractivity contribution in [3.05, 3.63) is 0 Å².